The van der Waals surface area contributed by atoms with E-state index in [1.54, 1.807) is 31.4 Å². The van der Waals surface area contributed by atoms with Crippen LogP contribution in [0.3, 0.4) is 0 Å². The Morgan fingerprint density at radius 2 is 1.91 bits per heavy atom. The maximum atomic E-state index is 12.2. The standard InChI is InChI=1S/C22H19Br2NO7/c1-29-8-2-7-25-21(27)16-9-13-3-5-15(11-19(13)32-22(16)28)31-20(26)12-30-18-6-4-14(23)10-17(18)24/h3-6,9-11H,2,7-8,12H2,1H3,(H,25,27). The molecule has 8 nitrogen and oxygen atoms in total. The molecule has 32 heavy (non-hydrogen) atoms. The summed E-state index contributed by atoms with van der Waals surface area (Å²) in [6, 6.07) is 11.3. The van der Waals surface area contributed by atoms with Crippen LogP contribution in [-0.4, -0.2) is 38.7 Å². The van der Waals surface area contributed by atoms with Crippen molar-refractivity contribution in [3.8, 4) is 11.5 Å². The third kappa shape index (κ3) is 6.41. The van der Waals surface area contributed by atoms with Gasteiger partial charge in [-0.05, 0) is 58.7 Å². The zero-order valence-corrected chi connectivity index (χ0v) is 20.2. The molecule has 3 aromatic rings. The molecule has 168 valence electrons. The molecule has 0 bridgehead atoms. The first-order chi connectivity index (χ1) is 15.4. The number of amides is 1. The monoisotopic (exact) mass is 567 g/mol. The van der Waals surface area contributed by atoms with Crippen molar-refractivity contribution in [1.29, 1.82) is 0 Å². The van der Waals surface area contributed by atoms with Crippen LogP contribution in [0.2, 0.25) is 0 Å². The molecule has 0 spiro atoms. The van der Waals surface area contributed by atoms with Crippen LogP contribution in [0.1, 0.15) is 16.8 Å². The number of ether oxygens (including phenoxy) is 3. The van der Waals surface area contributed by atoms with Crippen molar-refractivity contribution in [3.05, 3.63) is 67.4 Å². The van der Waals surface area contributed by atoms with E-state index in [1.807, 2.05) is 0 Å². The normalized spacial score (nSPS) is 10.7. The molecule has 10 heteroatoms. The predicted molar refractivity (Wildman–Crippen MR) is 124 cm³/mol. The summed E-state index contributed by atoms with van der Waals surface area (Å²) >= 11 is 6.69. The smallest absolute Gasteiger partial charge is 0.349 e. The van der Waals surface area contributed by atoms with Gasteiger partial charge in [0.15, 0.2) is 6.61 Å². The van der Waals surface area contributed by atoms with E-state index in [0.717, 1.165) is 4.47 Å². The summed E-state index contributed by atoms with van der Waals surface area (Å²) in [5.41, 5.74) is -0.699. The molecule has 0 atom stereocenters. The van der Waals surface area contributed by atoms with Crippen LogP contribution < -0.4 is 20.4 Å². The molecule has 3 rings (SSSR count). The molecule has 0 fully saturated rings. The number of carbonyl (C=O) groups is 2. The lowest BCUT2D eigenvalue weighted by atomic mass is 10.1. The predicted octanol–water partition coefficient (Wildman–Crippen LogP) is 4.07. The first kappa shape index (κ1) is 24.0. The van der Waals surface area contributed by atoms with Gasteiger partial charge in [-0.1, -0.05) is 15.9 Å². The molecule has 1 N–H and O–H groups in total. The van der Waals surface area contributed by atoms with Gasteiger partial charge in [0, 0.05) is 36.2 Å². The summed E-state index contributed by atoms with van der Waals surface area (Å²) in [5, 5.41) is 3.16. The molecule has 0 aliphatic carbocycles. The van der Waals surface area contributed by atoms with Crippen molar-refractivity contribution in [1.82, 2.24) is 5.32 Å². The van der Waals surface area contributed by atoms with Gasteiger partial charge in [-0.2, -0.15) is 0 Å². The van der Waals surface area contributed by atoms with Crippen molar-refractivity contribution in [3.63, 3.8) is 0 Å². The van der Waals surface area contributed by atoms with E-state index in [4.69, 9.17) is 18.6 Å². The fraction of sp³-hybridized carbons (Fsp3) is 0.227. The van der Waals surface area contributed by atoms with Crippen molar-refractivity contribution in [2.45, 2.75) is 6.42 Å². The minimum atomic E-state index is -0.784. The Kier molecular flexibility index (Phi) is 8.43. The SMILES string of the molecule is COCCCNC(=O)c1cc2ccc(OC(=O)COc3ccc(Br)cc3Br)cc2oc1=O. The lowest BCUT2D eigenvalue weighted by Crippen LogP contribution is -2.29. The van der Waals surface area contributed by atoms with E-state index in [0.29, 0.717) is 35.2 Å². The van der Waals surface area contributed by atoms with Crippen molar-refractivity contribution < 1.29 is 28.2 Å². The Bertz CT molecular complexity index is 1190. The van der Waals surface area contributed by atoms with Crippen molar-refractivity contribution in [2.24, 2.45) is 0 Å². The summed E-state index contributed by atoms with van der Waals surface area (Å²) in [6.45, 7) is 0.557. The average molecular weight is 569 g/mol. The molecule has 0 unspecified atom stereocenters. The third-order valence-electron chi connectivity index (χ3n) is 4.23. The van der Waals surface area contributed by atoms with Crippen LogP contribution in [0.25, 0.3) is 11.0 Å². The Labute approximate surface area is 200 Å². The molecule has 0 radical (unpaired) electrons. The van der Waals surface area contributed by atoms with E-state index in [1.165, 1.54) is 18.2 Å². The summed E-state index contributed by atoms with van der Waals surface area (Å²) in [4.78, 5) is 36.6. The highest BCUT2D eigenvalue weighted by atomic mass is 79.9. The maximum absolute atomic E-state index is 12.2. The topological polar surface area (TPSA) is 104 Å². The summed E-state index contributed by atoms with van der Waals surface area (Å²) in [7, 11) is 1.57. The highest BCUT2D eigenvalue weighted by molar-refractivity contribution is 9.11. The van der Waals surface area contributed by atoms with Crippen LogP contribution in [0.15, 0.2) is 60.6 Å². The van der Waals surface area contributed by atoms with Crippen LogP contribution >= 0.6 is 31.9 Å². The zero-order valence-electron chi connectivity index (χ0n) is 17.0. The second-order valence-electron chi connectivity index (χ2n) is 6.59. The number of halogens is 2. The van der Waals surface area contributed by atoms with Crippen LogP contribution in [0.4, 0.5) is 0 Å². The number of fused-ring (bicyclic) bond motifs is 1. The second-order valence-corrected chi connectivity index (χ2v) is 8.36. The largest absolute Gasteiger partial charge is 0.481 e. The van der Waals surface area contributed by atoms with Gasteiger partial charge >= 0.3 is 11.6 Å². The Morgan fingerprint density at radius 1 is 1.09 bits per heavy atom. The van der Waals surface area contributed by atoms with Gasteiger partial charge in [0.1, 0.15) is 22.6 Å². The fourth-order valence-corrected chi connectivity index (χ4v) is 3.88. The number of hydrogen-bond donors (Lipinski definition) is 1. The van der Waals surface area contributed by atoms with Crippen molar-refractivity contribution in [2.75, 3.05) is 26.9 Å². The number of carbonyl (C=O) groups excluding carboxylic acids is 2. The van der Waals surface area contributed by atoms with E-state index >= 15 is 0 Å². The second kappa shape index (κ2) is 11.3. The Morgan fingerprint density at radius 3 is 2.66 bits per heavy atom. The Balaban J connectivity index is 1.65. The molecule has 1 amide bonds. The molecule has 1 heterocycles. The fourth-order valence-electron chi connectivity index (χ4n) is 2.72. The Hall–Kier alpha value is -2.69. The van der Waals surface area contributed by atoms with Gasteiger partial charge in [0.25, 0.3) is 5.91 Å². The zero-order chi connectivity index (χ0) is 23.1. The van der Waals surface area contributed by atoms with E-state index < -0.39 is 17.5 Å². The third-order valence-corrected chi connectivity index (χ3v) is 5.35. The van der Waals surface area contributed by atoms with Crippen LogP contribution in [0, 0.1) is 0 Å². The minimum Gasteiger partial charge on any atom is -0.481 e. The molecular formula is C22H19Br2NO7. The first-order valence-corrected chi connectivity index (χ1v) is 11.1. The van der Waals surface area contributed by atoms with Gasteiger partial charge in [0.05, 0.1) is 4.47 Å². The highest BCUT2D eigenvalue weighted by Gasteiger charge is 2.15. The lowest BCUT2D eigenvalue weighted by molar-refractivity contribution is -0.136. The lowest BCUT2D eigenvalue weighted by Gasteiger charge is -2.09. The van der Waals surface area contributed by atoms with E-state index in [9.17, 15) is 14.4 Å². The average Bonchev–Trinajstić information content (AvgIpc) is 2.75. The number of rotatable bonds is 9. The van der Waals surface area contributed by atoms with Gasteiger partial charge in [0.2, 0.25) is 0 Å². The van der Waals surface area contributed by atoms with Gasteiger partial charge in [-0.15, -0.1) is 0 Å². The van der Waals surface area contributed by atoms with Crippen molar-refractivity contribution >= 4 is 54.7 Å². The first-order valence-electron chi connectivity index (χ1n) is 9.51. The van der Waals surface area contributed by atoms with Gasteiger partial charge < -0.3 is 23.9 Å². The molecular weight excluding hydrogens is 550 g/mol. The van der Waals surface area contributed by atoms with E-state index in [2.05, 4.69) is 37.2 Å². The highest BCUT2D eigenvalue weighted by Crippen LogP contribution is 2.28. The molecule has 1 aromatic heterocycles. The van der Waals surface area contributed by atoms with Gasteiger partial charge in [-0.3, -0.25) is 4.79 Å². The summed E-state index contributed by atoms with van der Waals surface area (Å²) in [6.07, 6.45) is 0.623. The molecule has 0 saturated carbocycles. The molecule has 0 aliphatic heterocycles. The quantitative estimate of drug-likeness (QED) is 0.179. The van der Waals surface area contributed by atoms with E-state index in [-0.39, 0.29) is 23.5 Å². The van der Waals surface area contributed by atoms with Crippen LogP contribution in [0.5, 0.6) is 11.5 Å². The number of benzene rings is 2. The number of methoxy groups -OCH3 is 1. The molecule has 2 aromatic carbocycles. The number of esters is 1. The van der Waals surface area contributed by atoms with Crippen LogP contribution in [-0.2, 0) is 9.53 Å². The summed E-state index contributed by atoms with van der Waals surface area (Å²) in [5.74, 6) is -0.486. The minimum absolute atomic E-state index is 0.104. The molecule has 0 aliphatic rings. The van der Waals surface area contributed by atoms with Gasteiger partial charge in [-0.25, -0.2) is 9.59 Å². The summed E-state index contributed by atoms with van der Waals surface area (Å²) < 4.78 is 22.4. The maximum Gasteiger partial charge on any atom is 0.349 e. The molecule has 0 saturated heterocycles. The number of hydrogen-bond acceptors (Lipinski definition) is 7. The number of nitrogens with one attached hydrogen (secondary N) is 1.